The molecule has 3 heterocycles. The Bertz CT molecular complexity index is 757. The van der Waals surface area contributed by atoms with Crippen molar-refractivity contribution >= 4 is 23.7 Å². The molecule has 33 heavy (non-hydrogen) atoms. The van der Waals surface area contributed by atoms with Gasteiger partial charge in [-0.3, -0.25) is 4.79 Å². The van der Waals surface area contributed by atoms with E-state index in [4.69, 9.17) is 14.2 Å². The molecule has 5 aliphatic rings. The third kappa shape index (κ3) is 5.40. The number of nitrogens with one attached hydrogen (secondary N) is 1. The number of carbonyl (C=O) groups is 3. The maximum atomic E-state index is 11.9. The minimum absolute atomic E-state index is 0.0646. The van der Waals surface area contributed by atoms with Crippen molar-refractivity contribution in [1.82, 2.24) is 5.32 Å². The van der Waals surface area contributed by atoms with Crippen LogP contribution in [0.15, 0.2) is 4.99 Å². The van der Waals surface area contributed by atoms with Gasteiger partial charge >= 0.3 is 11.9 Å². The number of amides is 1. The minimum Gasteiger partial charge on any atom is -0.480 e. The molecule has 1 amide bonds. The first kappa shape index (κ1) is 24.1. The average Bonchev–Trinajstić information content (AvgIpc) is 3.59. The number of ether oxygens (including phenoxy) is 3. The molecule has 184 valence electrons. The second-order valence-electron chi connectivity index (χ2n) is 9.87. The molecule has 2 aliphatic carbocycles. The second-order valence-corrected chi connectivity index (χ2v) is 9.87. The first-order valence-electron chi connectivity index (χ1n) is 12.5. The van der Waals surface area contributed by atoms with E-state index in [-0.39, 0.29) is 18.0 Å². The van der Waals surface area contributed by atoms with Gasteiger partial charge < -0.3 is 24.6 Å². The molecule has 2 atom stereocenters. The molecule has 3 aliphatic heterocycles. The van der Waals surface area contributed by atoms with Crippen LogP contribution >= 0.6 is 0 Å². The number of nitrogens with zero attached hydrogens (tertiary/aromatic N) is 1. The van der Waals surface area contributed by atoms with Crippen LogP contribution in [0, 0.1) is 0 Å². The van der Waals surface area contributed by atoms with Crippen LogP contribution < -0.4 is 5.32 Å². The van der Waals surface area contributed by atoms with Crippen LogP contribution in [0.4, 0.5) is 0 Å². The largest absolute Gasteiger partial charge is 0.480 e. The summed E-state index contributed by atoms with van der Waals surface area (Å²) in [4.78, 5) is 39.8. The van der Waals surface area contributed by atoms with Gasteiger partial charge in [-0.25, -0.2) is 14.6 Å². The molecular formula is C24H36N2O7. The zero-order valence-electron chi connectivity index (χ0n) is 19.3. The molecule has 2 saturated carbocycles. The van der Waals surface area contributed by atoms with Crippen molar-refractivity contribution in [2.45, 2.75) is 113 Å². The Morgan fingerprint density at radius 1 is 0.879 bits per heavy atom. The number of cyclic esters (lactones) is 1. The Morgan fingerprint density at radius 3 is 2.09 bits per heavy atom. The van der Waals surface area contributed by atoms with Gasteiger partial charge in [0.2, 0.25) is 11.8 Å². The number of carboxylic acids is 1. The van der Waals surface area contributed by atoms with E-state index in [1.165, 1.54) is 6.42 Å². The molecule has 2 saturated heterocycles. The lowest BCUT2D eigenvalue weighted by Crippen LogP contribution is -2.57. The SMILES string of the molecule is O=C(NC1(C(=O)O)CCCCC1)[C@@H]1CCCO1.O=C1OC([C@@H]2CCCO2)=NC12CCCCC2. The number of carboxylic acid groups (broad SMARTS) is 1. The molecule has 0 aromatic carbocycles. The van der Waals surface area contributed by atoms with Crippen molar-refractivity contribution < 1.29 is 33.7 Å². The third-order valence-electron chi connectivity index (χ3n) is 7.49. The molecule has 0 radical (unpaired) electrons. The molecule has 0 aromatic rings. The monoisotopic (exact) mass is 464 g/mol. The molecule has 9 nitrogen and oxygen atoms in total. The summed E-state index contributed by atoms with van der Waals surface area (Å²) in [6, 6.07) is 0. The van der Waals surface area contributed by atoms with Crippen molar-refractivity contribution in [3.63, 3.8) is 0 Å². The molecule has 9 heteroatoms. The molecule has 5 rings (SSSR count). The highest BCUT2D eigenvalue weighted by atomic mass is 16.6. The van der Waals surface area contributed by atoms with Crippen LogP contribution in [0.5, 0.6) is 0 Å². The summed E-state index contributed by atoms with van der Waals surface area (Å²) in [5, 5.41) is 12.0. The zero-order valence-corrected chi connectivity index (χ0v) is 19.3. The van der Waals surface area contributed by atoms with Crippen molar-refractivity contribution in [2.75, 3.05) is 13.2 Å². The molecule has 0 bridgehead atoms. The van der Waals surface area contributed by atoms with E-state index < -0.39 is 23.2 Å². The molecule has 1 spiro atoms. The molecule has 0 aromatic heterocycles. The molecule has 2 N–H and O–H groups in total. The fraction of sp³-hybridized carbons (Fsp3) is 0.833. The Kier molecular flexibility index (Phi) is 7.69. The summed E-state index contributed by atoms with van der Waals surface area (Å²) in [5.41, 5.74) is -1.60. The van der Waals surface area contributed by atoms with Gasteiger partial charge in [-0.2, -0.15) is 0 Å². The lowest BCUT2D eigenvalue weighted by Gasteiger charge is -2.34. The van der Waals surface area contributed by atoms with E-state index in [0.29, 0.717) is 31.8 Å². The third-order valence-corrected chi connectivity index (χ3v) is 7.49. The normalized spacial score (nSPS) is 30.2. The average molecular weight is 465 g/mol. The van der Waals surface area contributed by atoms with Crippen molar-refractivity contribution in [2.24, 2.45) is 4.99 Å². The highest BCUT2D eigenvalue weighted by Gasteiger charge is 2.48. The number of rotatable bonds is 4. The number of aliphatic imine (C=N–C) groups is 1. The Labute approximate surface area is 194 Å². The highest BCUT2D eigenvalue weighted by molar-refractivity contribution is 6.02. The van der Waals surface area contributed by atoms with Gasteiger partial charge in [-0.15, -0.1) is 0 Å². The number of carbonyl (C=O) groups excluding carboxylic acids is 2. The standard InChI is InChI=1S/C12H19NO4.C12H17NO3/c14-10(9-5-4-8-17-9)13-12(11(15)16)6-2-1-3-7-12;14-11-12(6-2-1-3-7-12)13-10(16-11)9-5-4-8-15-9/h9H,1-8H2,(H,13,14)(H,15,16);9H,1-8H2/t2*9-/m00/s1. The fourth-order valence-corrected chi connectivity index (χ4v) is 5.48. The van der Waals surface area contributed by atoms with E-state index in [1.807, 2.05) is 0 Å². The number of hydrogen-bond acceptors (Lipinski definition) is 7. The van der Waals surface area contributed by atoms with Gasteiger partial charge in [-0.05, 0) is 51.4 Å². The summed E-state index contributed by atoms with van der Waals surface area (Å²) in [5.74, 6) is -0.766. The lowest BCUT2D eigenvalue weighted by atomic mass is 9.81. The van der Waals surface area contributed by atoms with Crippen LogP contribution in [-0.2, 0) is 28.6 Å². The van der Waals surface area contributed by atoms with Crippen molar-refractivity contribution in [3.8, 4) is 0 Å². The first-order chi connectivity index (χ1) is 15.9. The summed E-state index contributed by atoms with van der Waals surface area (Å²) < 4.78 is 16.1. The number of aliphatic carboxylic acids is 1. The smallest absolute Gasteiger partial charge is 0.340 e. The predicted octanol–water partition coefficient (Wildman–Crippen LogP) is 2.89. The van der Waals surface area contributed by atoms with E-state index in [9.17, 15) is 19.5 Å². The van der Waals surface area contributed by atoms with Gasteiger partial charge in [0.25, 0.3) is 0 Å². The Balaban J connectivity index is 0.000000157. The quantitative estimate of drug-likeness (QED) is 0.613. The lowest BCUT2D eigenvalue weighted by molar-refractivity contribution is -0.151. The van der Waals surface area contributed by atoms with Crippen LogP contribution in [0.3, 0.4) is 0 Å². The van der Waals surface area contributed by atoms with E-state index in [2.05, 4.69) is 10.3 Å². The Morgan fingerprint density at radius 2 is 1.52 bits per heavy atom. The van der Waals surface area contributed by atoms with E-state index in [1.54, 1.807) is 0 Å². The summed E-state index contributed by atoms with van der Waals surface area (Å²) in [6.45, 7) is 1.35. The first-order valence-corrected chi connectivity index (χ1v) is 12.5. The minimum atomic E-state index is -1.05. The van der Waals surface area contributed by atoms with Crippen LogP contribution in [0.1, 0.15) is 89.9 Å². The van der Waals surface area contributed by atoms with Crippen LogP contribution in [0.2, 0.25) is 0 Å². The van der Waals surface area contributed by atoms with Gasteiger partial charge in [-0.1, -0.05) is 38.5 Å². The fourth-order valence-electron chi connectivity index (χ4n) is 5.48. The van der Waals surface area contributed by atoms with Gasteiger partial charge in [0.15, 0.2) is 5.54 Å². The Hall–Kier alpha value is -2.00. The van der Waals surface area contributed by atoms with Gasteiger partial charge in [0, 0.05) is 13.2 Å². The number of esters is 1. The topological polar surface area (TPSA) is 124 Å². The summed E-state index contributed by atoms with van der Waals surface area (Å²) in [6.07, 6.45) is 11.9. The van der Waals surface area contributed by atoms with E-state index in [0.717, 1.165) is 70.8 Å². The predicted molar refractivity (Wildman–Crippen MR) is 119 cm³/mol. The van der Waals surface area contributed by atoms with Crippen molar-refractivity contribution in [1.29, 1.82) is 0 Å². The molecular weight excluding hydrogens is 428 g/mol. The van der Waals surface area contributed by atoms with Crippen LogP contribution in [0.25, 0.3) is 0 Å². The maximum Gasteiger partial charge on any atom is 0.340 e. The second kappa shape index (κ2) is 10.5. The molecule has 0 unspecified atom stereocenters. The van der Waals surface area contributed by atoms with Gasteiger partial charge in [0.05, 0.1) is 0 Å². The van der Waals surface area contributed by atoms with Gasteiger partial charge in [0.1, 0.15) is 17.7 Å². The zero-order chi connectivity index (χ0) is 23.3. The van der Waals surface area contributed by atoms with E-state index >= 15 is 0 Å². The maximum absolute atomic E-state index is 11.9. The highest BCUT2D eigenvalue weighted by Crippen LogP contribution is 2.37. The summed E-state index contributed by atoms with van der Waals surface area (Å²) in [7, 11) is 0. The van der Waals surface area contributed by atoms with Crippen LogP contribution in [-0.4, -0.2) is 65.3 Å². The summed E-state index contributed by atoms with van der Waals surface area (Å²) >= 11 is 0. The van der Waals surface area contributed by atoms with Crippen molar-refractivity contribution in [3.05, 3.63) is 0 Å². The number of hydrogen-bond donors (Lipinski definition) is 2. The molecule has 4 fully saturated rings.